The Morgan fingerprint density at radius 1 is 1.14 bits per heavy atom. The van der Waals surface area contributed by atoms with Crippen LogP contribution in [0.4, 0.5) is 0 Å². The van der Waals surface area contributed by atoms with Crippen molar-refractivity contribution in [3.05, 3.63) is 78.4 Å². The number of nitrogens with zero attached hydrogens (tertiary/aromatic N) is 4. The summed E-state index contributed by atoms with van der Waals surface area (Å²) in [6.07, 6.45) is 8.01. The highest BCUT2D eigenvalue weighted by Gasteiger charge is 2.18. The van der Waals surface area contributed by atoms with Crippen LogP contribution in [0.5, 0.6) is 0 Å². The van der Waals surface area contributed by atoms with E-state index in [0.29, 0.717) is 5.56 Å². The Labute approximate surface area is 169 Å². The molecule has 0 fully saturated rings. The van der Waals surface area contributed by atoms with Gasteiger partial charge in [-0.25, -0.2) is 4.98 Å². The molecular weight excluding hydrogens is 362 g/mol. The number of benzene rings is 1. The van der Waals surface area contributed by atoms with E-state index in [9.17, 15) is 4.79 Å². The second-order valence-corrected chi connectivity index (χ2v) is 6.87. The zero-order valence-corrected chi connectivity index (χ0v) is 16.5. The summed E-state index contributed by atoms with van der Waals surface area (Å²) in [6, 6.07) is 13.4. The van der Waals surface area contributed by atoms with Crippen LogP contribution in [-0.2, 0) is 6.54 Å². The molecule has 1 aromatic carbocycles. The molecule has 4 aromatic rings. The van der Waals surface area contributed by atoms with Gasteiger partial charge in [0.25, 0.3) is 5.91 Å². The average molecular weight is 385 g/mol. The molecule has 0 spiro atoms. The molecule has 3 heterocycles. The van der Waals surface area contributed by atoms with Crippen LogP contribution in [-0.4, -0.2) is 25.7 Å². The van der Waals surface area contributed by atoms with E-state index in [4.69, 9.17) is 4.98 Å². The number of para-hydroxylation sites is 1. The molecule has 146 valence electrons. The number of fused-ring (bicyclic) bond motifs is 1. The minimum Gasteiger partial charge on any atom is -0.345 e. The summed E-state index contributed by atoms with van der Waals surface area (Å²) in [7, 11) is 0. The fourth-order valence-corrected chi connectivity index (χ4v) is 3.43. The number of aryl methyl sites for hydroxylation is 1. The van der Waals surface area contributed by atoms with Crippen molar-refractivity contribution in [1.82, 2.24) is 25.1 Å². The third kappa shape index (κ3) is 3.87. The first kappa shape index (κ1) is 18.8. The number of carbonyl (C=O) groups excluding carboxylic acids is 1. The van der Waals surface area contributed by atoms with Gasteiger partial charge >= 0.3 is 0 Å². The van der Waals surface area contributed by atoms with Crippen LogP contribution < -0.4 is 5.32 Å². The van der Waals surface area contributed by atoms with E-state index in [1.807, 2.05) is 60.3 Å². The van der Waals surface area contributed by atoms with Gasteiger partial charge in [-0.1, -0.05) is 25.1 Å². The molecule has 1 atom stereocenters. The first-order valence-corrected chi connectivity index (χ1v) is 9.83. The van der Waals surface area contributed by atoms with Crippen LogP contribution in [0.15, 0.2) is 67.3 Å². The van der Waals surface area contributed by atoms with E-state index in [1.165, 1.54) is 0 Å². The normalized spacial score (nSPS) is 12.1. The highest BCUT2D eigenvalue weighted by molar-refractivity contribution is 6.07. The zero-order valence-electron chi connectivity index (χ0n) is 16.5. The van der Waals surface area contributed by atoms with Crippen LogP contribution in [0, 0.1) is 0 Å². The molecule has 3 aromatic heterocycles. The minimum absolute atomic E-state index is 0.0799. The van der Waals surface area contributed by atoms with Gasteiger partial charge in [0, 0.05) is 36.1 Å². The lowest BCUT2D eigenvalue weighted by atomic mass is 10.0. The Hall–Kier alpha value is -3.54. The quantitative estimate of drug-likeness (QED) is 0.534. The number of nitrogens with one attached hydrogen (secondary N) is 1. The Kier molecular flexibility index (Phi) is 5.33. The smallest absolute Gasteiger partial charge is 0.252 e. The second-order valence-electron chi connectivity index (χ2n) is 6.87. The Morgan fingerprint density at radius 2 is 1.93 bits per heavy atom. The lowest BCUT2D eigenvalue weighted by Crippen LogP contribution is -2.28. The number of pyridine rings is 2. The van der Waals surface area contributed by atoms with E-state index in [1.54, 1.807) is 18.6 Å². The van der Waals surface area contributed by atoms with Crippen molar-refractivity contribution in [3.8, 4) is 11.3 Å². The summed E-state index contributed by atoms with van der Waals surface area (Å²) in [5, 5.41) is 8.34. The van der Waals surface area contributed by atoms with Crippen LogP contribution in [0.1, 0.15) is 42.2 Å². The first-order chi connectivity index (χ1) is 14.2. The van der Waals surface area contributed by atoms with E-state index in [0.717, 1.165) is 40.7 Å². The minimum atomic E-state index is -0.114. The first-order valence-electron chi connectivity index (χ1n) is 9.83. The number of aromatic nitrogens is 4. The maximum Gasteiger partial charge on any atom is 0.252 e. The van der Waals surface area contributed by atoms with Crippen molar-refractivity contribution in [2.24, 2.45) is 0 Å². The van der Waals surface area contributed by atoms with Gasteiger partial charge in [-0.15, -0.1) is 0 Å². The van der Waals surface area contributed by atoms with E-state index in [-0.39, 0.29) is 11.9 Å². The van der Waals surface area contributed by atoms with Gasteiger partial charge in [0.05, 0.1) is 29.0 Å². The number of rotatable bonds is 6. The van der Waals surface area contributed by atoms with Gasteiger partial charge in [-0.2, -0.15) is 5.10 Å². The van der Waals surface area contributed by atoms with Gasteiger partial charge in [-0.05, 0) is 43.2 Å². The van der Waals surface area contributed by atoms with Crippen LogP contribution in [0.2, 0.25) is 0 Å². The molecule has 6 nitrogen and oxygen atoms in total. The van der Waals surface area contributed by atoms with E-state index in [2.05, 4.69) is 22.3 Å². The van der Waals surface area contributed by atoms with Crippen molar-refractivity contribution >= 4 is 16.8 Å². The Balaban J connectivity index is 1.74. The largest absolute Gasteiger partial charge is 0.345 e. The lowest BCUT2D eigenvalue weighted by Gasteiger charge is -2.18. The number of hydrogen-bond donors (Lipinski definition) is 1. The van der Waals surface area contributed by atoms with Gasteiger partial charge in [-0.3, -0.25) is 14.5 Å². The number of amides is 1. The Morgan fingerprint density at radius 3 is 2.66 bits per heavy atom. The molecule has 0 bridgehead atoms. The summed E-state index contributed by atoms with van der Waals surface area (Å²) in [5.41, 5.74) is 4.08. The summed E-state index contributed by atoms with van der Waals surface area (Å²) in [4.78, 5) is 22.1. The third-order valence-electron chi connectivity index (χ3n) is 5.04. The molecule has 0 aliphatic heterocycles. The SMILES string of the molecule is CCC(NC(=O)c1cc(-c2cnn(CC)c2)nc2ccccc12)c1ccncc1. The predicted molar refractivity (Wildman–Crippen MR) is 113 cm³/mol. The third-order valence-corrected chi connectivity index (χ3v) is 5.04. The number of hydrogen-bond acceptors (Lipinski definition) is 4. The number of carbonyl (C=O) groups is 1. The van der Waals surface area contributed by atoms with Crippen LogP contribution >= 0.6 is 0 Å². The molecule has 1 N–H and O–H groups in total. The molecule has 0 aliphatic rings. The van der Waals surface area contributed by atoms with Gasteiger partial charge in [0.2, 0.25) is 0 Å². The fraction of sp³-hybridized carbons (Fsp3) is 0.217. The van der Waals surface area contributed by atoms with E-state index < -0.39 is 0 Å². The lowest BCUT2D eigenvalue weighted by molar-refractivity contribution is 0.0937. The molecule has 0 radical (unpaired) electrons. The van der Waals surface area contributed by atoms with Crippen molar-refractivity contribution in [3.63, 3.8) is 0 Å². The highest BCUT2D eigenvalue weighted by atomic mass is 16.1. The topological polar surface area (TPSA) is 72.7 Å². The van der Waals surface area contributed by atoms with E-state index >= 15 is 0 Å². The summed E-state index contributed by atoms with van der Waals surface area (Å²) >= 11 is 0. The van der Waals surface area contributed by atoms with Crippen molar-refractivity contribution in [2.75, 3.05) is 0 Å². The van der Waals surface area contributed by atoms with Crippen molar-refractivity contribution < 1.29 is 4.79 Å². The van der Waals surface area contributed by atoms with Gasteiger partial charge in [0.1, 0.15) is 0 Å². The molecule has 6 heteroatoms. The maximum atomic E-state index is 13.3. The zero-order chi connectivity index (χ0) is 20.2. The molecule has 1 amide bonds. The fourth-order valence-electron chi connectivity index (χ4n) is 3.43. The standard InChI is InChI=1S/C23H23N5O/c1-3-20(16-9-11-24-12-10-16)27-23(29)19-13-22(17-14-25-28(4-2)15-17)26-21-8-6-5-7-18(19)21/h5-15,20H,3-4H2,1-2H3,(H,27,29). The van der Waals surface area contributed by atoms with Crippen LogP contribution in [0.3, 0.4) is 0 Å². The van der Waals surface area contributed by atoms with Crippen molar-refractivity contribution in [1.29, 1.82) is 0 Å². The predicted octanol–water partition coefficient (Wildman–Crippen LogP) is 4.39. The molecule has 29 heavy (non-hydrogen) atoms. The highest BCUT2D eigenvalue weighted by Crippen LogP contribution is 2.26. The summed E-state index contributed by atoms with van der Waals surface area (Å²) in [5.74, 6) is -0.114. The Bertz CT molecular complexity index is 1140. The van der Waals surface area contributed by atoms with Crippen molar-refractivity contribution in [2.45, 2.75) is 32.9 Å². The molecule has 1 unspecified atom stereocenters. The second kappa shape index (κ2) is 8.22. The maximum absolute atomic E-state index is 13.3. The van der Waals surface area contributed by atoms with Gasteiger partial charge < -0.3 is 5.32 Å². The average Bonchev–Trinajstić information content (AvgIpc) is 3.26. The van der Waals surface area contributed by atoms with Gasteiger partial charge in [0.15, 0.2) is 0 Å². The molecule has 0 saturated heterocycles. The summed E-state index contributed by atoms with van der Waals surface area (Å²) in [6.45, 7) is 4.87. The summed E-state index contributed by atoms with van der Waals surface area (Å²) < 4.78 is 1.85. The molecule has 0 aliphatic carbocycles. The molecule has 4 rings (SSSR count). The van der Waals surface area contributed by atoms with Crippen LogP contribution in [0.25, 0.3) is 22.2 Å². The molecule has 0 saturated carbocycles. The monoisotopic (exact) mass is 385 g/mol. The molecular formula is C23H23N5O.